The first-order chi connectivity index (χ1) is 5.75. The molecule has 0 amide bonds. The van der Waals surface area contributed by atoms with Crippen LogP contribution >= 0.6 is 24.8 Å². The van der Waals surface area contributed by atoms with E-state index in [0.717, 1.165) is 20.4 Å². The lowest BCUT2D eigenvalue weighted by atomic mass is 10.2. The first kappa shape index (κ1) is 7.83. The highest BCUT2D eigenvalue weighted by Crippen LogP contribution is 2.15. The van der Waals surface area contributed by atoms with Crippen molar-refractivity contribution in [2.45, 2.75) is 4.90 Å². The third kappa shape index (κ3) is 1.38. The van der Waals surface area contributed by atoms with Gasteiger partial charge in [0.25, 0.3) is 0 Å². The van der Waals surface area contributed by atoms with E-state index in [4.69, 9.17) is 12.2 Å². The van der Waals surface area contributed by atoms with Crippen molar-refractivity contribution in [3.8, 4) is 0 Å². The van der Waals surface area contributed by atoms with Crippen LogP contribution in [0, 0.1) is 4.64 Å². The molecule has 0 fully saturated rings. The number of aromatic nitrogens is 1. The zero-order valence-corrected chi connectivity index (χ0v) is 7.95. The molecule has 3 heteroatoms. The Labute approximate surface area is 80.8 Å². The molecule has 0 saturated heterocycles. The van der Waals surface area contributed by atoms with Crippen molar-refractivity contribution in [1.82, 2.24) is 4.98 Å². The van der Waals surface area contributed by atoms with Gasteiger partial charge in [0.15, 0.2) is 0 Å². The lowest BCUT2D eigenvalue weighted by Crippen LogP contribution is -1.78. The fraction of sp³-hybridized carbons (Fsp3) is 0. The fourth-order valence-electron chi connectivity index (χ4n) is 1.14. The summed E-state index contributed by atoms with van der Waals surface area (Å²) in [5, 5.41) is 1.14. The quantitative estimate of drug-likeness (QED) is 0.485. The van der Waals surface area contributed by atoms with E-state index in [2.05, 4.69) is 17.6 Å². The number of rotatable bonds is 0. The van der Waals surface area contributed by atoms with Gasteiger partial charge in [-0.25, -0.2) is 0 Å². The van der Waals surface area contributed by atoms with E-state index in [1.165, 1.54) is 0 Å². The van der Waals surface area contributed by atoms with E-state index < -0.39 is 0 Å². The molecule has 2 aromatic rings. The summed E-state index contributed by atoms with van der Waals surface area (Å²) in [7, 11) is 0. The molecule has 1 nitrogen and oxygen atoms in total. The highest BCUT2D eigenvalue weighted by molar-refractivity contribution is 7.80. The normalized spacial score (nSPS) is 10.4. The van der Waals surface area contributed by atoms with Gasteiger partial charge in [-0.2, -0.15) is 0 Å². The number of fused-ring (bicyclic) bond motifs is 1. The molecule has 0 radical (unpaired) electrons. The molecule has 0 bridgehead atoms. The summed E-state index contributed by atoms with van der Waals surface area (Å²) < 4.78 is 0.759. The molecule has 12 heavy (non-hydrogen) atoms. The smallest absolute Gasteiger partial charge is 0.103 e. The molecule has 0 saturated carbocycles. The second kappa shape index (κ2) is 2.92. The summed E-state index contributed by atoms with van der Waals surface area (Å²) in [6, 6.07) is 9.80. The number of nitrogens with one attached hydrogen (secondary N) is 1. The van der Waals surface area contributed by atoms with Crippen molar-refractivity contribution in [1.29, 1.82) is 0 Å². The van der Waals surface area contributed by atoms with Crippen LogP contribution in [0.2, 0.25) is 0 Å². The van der Waals surface area contributed by atoms with E-state index in [9.17, 15) is 0 Å². The van der Waals surface area contributed by atoms with Gasteiger partial charge in [-0.05, 0) is 35.7 Å². The number of thiol groups is 1. The zero-order chi connectivity index (χ0) is 8.55. The first-order valence-corrected chi connectivity index (χ1v) is 4.43. The lowest BCUT2D eigenvalue weighted by molar-refractivity contribution is 1.36. The van der Waals surface area contributed by atoms with Gasteiger partial charge in [0.05, 0.1) is 0 Å². The van der Waals surface area contributed by atoms with Gasteiger partial charge >= 0.3 is 0 Å². The van der Waals surface area contributed by atoms with E-state index in [-0.39, 0.29) is 0 Å². The minimum atomic E-state index is 0.759. The number of hydrogen-bond acceptors (Lipinski definition) is 2. The standard InChI is InChI=1S/C9H7NS2/c11-7-2-3-8-6(5-7)1-4-9(12)10-8/h1-5,11H,(H,10,12). The fourth-order valence-corrected chi connectivity index (χ4v) is 1.53. The molecule has 0 spiro atoms. The van der Waals surface area contributed by atoms with Crippen molar-refractivity contribution in [2.75, 3.05) is 0 Å². The third-order valence-electron chi connectivity index (χ3n) is 1.71. The van der Waals surface area contributed by atoms with Crippen LogP contribution in [0.5, 0.6) is 0 Å². The minimum absolute atomic E-state index is 0.759. The summed E-state index contributed by atoms with van der Waals surface area (Å²) in [6.45, 7) is 0. The lowest BCUT2D eigenvalue weighted by Gasteiger charge is -1.97. The number of hydrogen-bond donors (Lipinski definition) is 2. The van der Waals surface area contributed by atoms with Crippen molar-refractivity contribution < 1.29 is 0 Å². The molecule has 0 unspecified atom stereocenters. The van der Waals surface area contributed by atoms with Gasteiger partial charge in [0.1, 0.15) is 4.64 Å². The molecule has 1 heterocycles. The first-order valence-electron chi connectivity index (χ1n) is 3.58. The number of H-pyrrole nitrogens is 1. The Hall–Kier alpha value is -0.800. The summed E-state index contributed by atoms with van der Waals surface area (Å²) >= 11 is 9.24. The largest absolute Gasteiger partial charge is 0.346 e. The van der Waals surface area contributed by atoms with E-state index >= 15 is 0 Å². The van der Waals surface area contributed by atoms with Gasteiger partial charge in [-0.1, -0.05) is 12.2 Å². The van der Waals surface area contributed by atoms with E-state index in [0.29, 0.717) is 0 Å². The monoisotopic (exact) mass is 193 g/mol. The highest BCUT2D eigenvalue weighted by atomic mass is 32.1. The molecule has 1 N–H and O–H groups in total. The Kier molecular flexibility index (Phi) is 1.90. The van der Waals surface area contributed by atoms with Crippen LogP contribution in [0.25, 0.3) is 10.9 Å². The summed E-state index contributed by atoms with van der Waals surface area (Å²) in [5.41, 5.74) is 1.06. The summed E-state index contributed by atoms with van der Waals surface area (Å²) in [6.07, 6.45) is 0. The van der Waals surface area contributed by atoms with Crippen LogP contribution in [-0.4, -0.2) is 4.98 Å². The summed E-state index contributed by atoms with van der Waals surface area (Å²) in [4.78, 5) is 4.06. The number of pyridine rings is 1. The maximum atomic E-state index is 5.00. The average Bonchev–Trinajstić information content (AvgIpc) is 2.05. The van der Waals surface area contributed by atoms with Crippen molar-refractivity contribution in [3.05, 3.63) is 35.0 Å². The maximum absolute atomic E-state index is 5.00. The van der Waals surface area contributed by atoms with Crippen LogP contribution in [-0.2, 0) is 0 Å². The number of aromatic amines is 1. The van der Waals surface area contributed by atoms with Crippen LogP contribution in [0.4, 0.5) is 0 Å². The highest BCUT2D eigenvalue weighted by Gasteiger charge is 1.92. The second-order valence-electron chi connectivity index (χ2n) is 2.59. The van der Waals surface area contributed by atoms with E-state index in [1.54, 1.807) is 0 Å². The second-order valence-corrected chi connectivity index (χ2v) is 3.55. The van der Waals surface area contributed by atoms with E-state index in [1.807, 2.05) is 30.3 Å². The zero-order valence-electron chi connectivity index (χ0n) is 6.24. The molecule has 0 aliphatic rings. The SMILES string of the molecule is S=c1ccc2cc(S)ccc2[nH]1. The van der Waals surface area contributed by atoms with Crippen molar-refractivity contribution in [2.24, 2.45) is 0 Å². The Morgan fingerprint density at radius 2 is 2.00 bits per heavy atom. The third-order valence-corrected chi connectivity index (χ3v) is 2.22. The van der Waals surface area contributed by atoms with Crippen LogP contribution in [0.3, 0.4) is 0 Å². The van der Waals surface area contributed by atoms with Gasteiger partial charge in [-0.15, -0.1) is 12.6 Å². The molecule has 1 aromatic heterocycles. The number of benzene rings is 1. The molecule has 1 aromatic carbocycles. The molecule has 0 aliphatic carbocycles. The molecule has 0 aliphatic heterocycles. The predicted molar refractivity (Wildman–Crippen MR) is 56.4 cm³/mol. The van der Waals surface area contributed by atoms with Gasteiger partial charge in [0, 0.05) is 10.4 Å². The average molecular weight is 193 g/mol. The van der Waals surface area contributed by atoms with Gasteiger partial charge in [-0.3, -0.25) is 0 Å². The summed E-state index contributed by atoms with van der Waals surface area (Å²) in [5.74, 6) is 0. The molecule has 0 atom stereocenters. The molecular weight excluding hydrogens is 186 g/mol. The Morgan fingerprint density at radius 1 is 1.17 bits per heavy atom. The minimum Gasteiger partial charge on any atom is -0.346 e. The van der Waals surface area contributed by atoms with Gasteiger partial charge in [0.2, 0.25) is 0 Å². The Balaban J connectivity index is 2.87. The molecule has 60 valence electrons. The topological polar surface area (TPSA) is 15.8 Å². The van der Waals surface area contributed by atoms with Crippen LogP contribution in [0.1, 0.15) is 0 Å². The molecule has 2 rings (SSSR count). The maximum Gasteiger partial charge on any atom is 0.103 e. The molecular formula is C9H7NS2. The van der Waals surface area contributed by atoms with Crippen LogP contribution < -0.4 is 0 Å². The predicted octanol–water partition coefficient (Wildman–Crippen LogP) is 3.19. The van der Waals surface area contributed by atoms with Crippen LogP contribution in [0.15, 0.2) is 35.2 Å². The van der Waals surface area contributed by atoms with Crippen molar-refractivity contribution in [3.63, 3.8) is 0 Å². The Morgan fingerprint density at radius 3 is 2.83 bits per heavy atom. The van der Waals surface area contributed by atoms with Crippen molar-refractivity contribution >= 4 is 35.7 Å². The van der Waals surface area contributed by atoms with Gasteiger partial charge < -0.3 is 4.98 Å². The Bertz CT molecular complexity index is 473.